The van der Waals surface area contributed by atoms with Gasteiger partial charge in [-0.3, -0.25) is 4.68 Å². The zero-order chi connectivity index (χ0) is 12.4. The molecule has 96 valence electrons. The Morgan fingerprint density at radius 3 is 2.72 bits per heavy atom. The second kappa shape index (κ2) is 5.31. The number of hydrogen-bond acceptors (Lipinski definition) is 3. The highest BCUT2D eigenvalue weighted by molar-refractivity contribution is 7.15. The molecule has 0 aromatic carbocycles. The Kier molecular flexibility index (Phi) is 3.55. The highest BCUT2D eigenvalue weighted by Crippen LogP contribution is 2.25. The molecule has 0 aromatic heterocycles. The Labute approximate surface area is 110 Å². The van der Waals surface area contributed by atoms with Crippen LogP contribution in [0.1, 0.15) is 37.9 Å². The number of nitrogens with zero attached hydrogens (tertiary/aromatic N) is 4. The lowest BCUT2D eigenvalue weighted by Gasteiger charge is -2.22. The fourth-order valence-corrected chi connectivity index (χ4v) is 2.92. The largest absolute Gasteiger partial charge is 0.270 e. The summed E-state index contributed by atoms with van der Waals surface area (Å²) in [6.07, 6.45) is 11.5. The van der Waals surface area contributed by atoms with Gasteiger partial charge in [0.15, 0.2) is 0 Å². The predicted molar refractivity (Wildman–Crippen MR) is 74.4 cm³/mol. The molecule has 0 aromatic rings. The topological polar surface area (TPSA) is 43.6 Å². The van der Waals surface area contributed by atoms with Gasteiger partial charge in [-0.05, 0) is 18.8 Å². The van der Waals surface area contributed by atoms with Crippen molar-refractivity contribution in [3.63, 3.8) is 0 Å². The van der Waals surface area contributed by atoms with E-state index in [4.69, 9.17) is 0 Å². The summed E-state index contributed by atoms with van der Waals surface area (Å²) in [4.78, 5) is 8.90. The van der Waals surface area contributed by atoms with Gasteiger partial charge < -0.3 is 0 Å². The Bertz CT molecular complexity index is 490. The summed E-state index contributed by atoms with van der Waals surface area (Å²) >= 11 is 0. The van der Waals surface area contributed by atoms with E-state index >= 15 is 0 Å². The zero-order valence-corrected chi connectivity index (χ0v) is 11.7. The molecule has 18 heavy (non-hydrogen) atoms. The van der Waals surface area contributed by atoms with Crippen LogP contribution in [0.25, 0.3) is 11.4 Å². The van der Waals surface area contributed by atoms with Gasteiger partial charge in [-0.25, -0.2) is 9.97 Å². The minimum atomic E-state index is 0.790. The minimum absolute atomic E-state index is 0.790. The number of fused-ring (bicyclic) bond motifs is 1. The molecule has 5 heteroatoms. The molecule has 4 nitrogen and oxygen atoms in total. The fourth-order valence-electron chi connectivity index (χ4n) is 2.74. The van der Waals surface area contributed by atoms with E-state index in [0.717, 1.165) is 35.8 Å². The standard InChI is InChI=1S/C13H19N4P/c18-9-13-15-11-6-14-17(8-12(11)16-13)7-10-4-2-1-3-5-10/h6,8,10H,1-5,7,9,18H2. The highest BCUT2D eigenvalue weighted by Gasteiger charge is 2.16. The van der Waals surface area contributed by atoms with E-state index in [1.54, 1.807) is 0 Å². The van der Waals surface area contributed by atoms with Crippen LogP contribution in [-0.2, 0) is 12.7 Å². The average molecular weight is 262 g/mol. The monoisotopic (exact) mass is 262 g/mol. The van der Waals surface area contributed by atoms with Crippen LogP contribution >= 0.6 is 9.24 Å². The SMILES string of the molecule is PCc1nc2cnn(CC3CCCCC3)cc-2n1. The average Bonchev–Trinajstić information content (AvgIpc) is 2.82. The zero-order valence-electron chi connectivity index (χ0n) is 10.5. The predicted octanol–water partition coefficient (Wildman–Crippen LogP) is 2.73. The molecule has 0 bridgehead atoms. The van der Waals surface area contributed by atoms with Gasteiger partial charge in [0.2, 0.25) is 0 Å². The molecule has 1 atom stereocenters. The van der Waals surface area contributed by atoms with Crippen LogP contribution in [-0.4, -0.2) is 19.7 Å². The van der Waals surface area contributed by atoms with Crippen LogP contribution in [0.15, 0.2) is 12.4 Å². The maximum absolute atomic E-state index is 4.49. The van der Waals surface area contributed by atoms with Gasteiger partial charge >= 0.3 is 0 Å². The van der Waals surface area contributed by atoms with Gasteiger partial charge in [-0.1, -0.05) is 19.3 Å². The maximum Gasteiger partial charge on any atom is 0.133 e. The molecule has 0 radical (unpaired) electrons. The molecule has 1 saturated carbocycles. The summed E-state index contributed by atoms with van der Waals surface area (Å²) in [6, 6.07) is 0. The van der Waals surface area contributed by atoms with Gasteiger partial charge in [-0.15, -0.1) is 9.24 Å². The molecular formula is C13H19N4P. The first-order valence-corrected chi connectivity index (χ1v) is 7.56. The molecule has 2 aliphatic heterocycles. The Hall–Kier alpha value is -1.02. The highest BCUT2D eigenvalue weighted by atomic mass is 31.0. The molecule has 0 spiro atoms. The third-order valence-corrected chi connectivity index (χ3v) is 4.08. The van der Waals surface area contributed by atoms with Gasteiger partial charge in [0.1, 0.15) is 17.2 Å². The Balaban J connectivity index is 1.78. The molecular weight excluding hydrogens is 243 g/mol. The van der Waals surface area contributed by atoms with E-state index in [2.05, 4.69) is 24.3 Å². The quantitative estimate of drug-likeness (QED) is 0.799. The third kappa shape index (κ3) is 2.54. The van der Waals surface area contributed by atoms with E-state index in [9.17, 15) is 0 Å². The molecule has 3 aliphatic rings. The van der Waals surface area contributed by atoms with Gasteiger partial charge in [0.05, 0.1) is 12.4 Å². The van der Waals surface area contributed by atoms with Crippen LogP contribution in [0.5, 0.6) is 0 Å². The Morgan fingerprint density at radius 2 is 1.94 bits per heavy atom. The van der Waals surface area contributed by atoms with E-state index in [-0.39, 0.29) is 0 Å². The van der Waals surface area contributed by atoms with E-state index in [1.807, 2.05) is 17.1 Å². The molecule has 0 amide bonds. The maximum atomic E-state index is 4.49. The van der Waals surface area contributed by atoms with Crippen LogP contribution < -0.4 is 0 Å². The summed E-state index contributed by atoms with van der Waals surface area (Å²) in [7, 11) is 2.66. The van der Waals surface area contributed by atoms with E-state index in [0.29, 0.717) is 0 Å². The van der Waals surface area contributed by atoms with Crippen LogP contribution in [0.2, 0.25) is 0 Å². The van der Waals surface area contributed by atoms with E-state index in [1.165, 1.54) is 32.1 Å². The summed E-state index contributed by atoms with van der Waals surface area (Å²) < 4.78 is 2.04. The van der Waals surface area contributed by atoms with Crippen molar-refractivity contribution in [3.8, 4) is 11.4 Å². The van der Waals surface area contributed by atoms with Gasteiger partial charge in [0, 0.05) is 12.7 Å². The van der Waals surface area contributed by atoms with Crippen molar-refractivity contribution in [2.75, 3.05) is 0 Å². The normalized spacial score (nSPS) is 17.4. The lowest BCUT2D eigenvalue weighted by Crippen LogP contribution is -2.16. The van der Waals surface area contributed by atoms with Gasteiger partial charge in [0.25, 0.3) is 0 Å². The second-order valence-electron chi connectivity index (χ2n) is 5.11. The molecule has 3 rings (SSSR count). The lowest BCUT2D eigenvalue weighted by molar-refractivity contribution is 0.306. The van der Waals surface area contributed by atoms with Crippen molar-refractivity contribution in [1.29, 1.82) is 0 Å². The molecule has 2 heterocycles. The molecule has 0 saturated heterocycles. The molecule has 0 N–H and O–H groups in total. The summed E-state index contributed by atoms with van der Waals surface area (Å²) in [5.74, 6) is 1.67. The van der Waals surface area contributed by atoms with Crippen molar-refractivity contribution in [2.45, 2.75) is 44.8 Å². The van der Waals surface area contributed by atoms with Crippen molar-refractivity contribution >= 4 is 9.24 Å². The first kappa shape index (κ1) is 12.0. The molecule has 1 aliphatic carbocycles. The summed E-state index contributed by atoms with van der Waals surface area (Å²) in [5.41, 5.74) is 1.88. The van der Waals surface area contributed by atoms with Crippen molar-refractivity contribution < 1.29 is 0 Å². The summed E-state index contributed by atoms with van der Waals surface area (Å²) in [6.45, 7) is 1.03. The van der Waals surface area contributed by atoms with Crippen LogP contribution in [0.4, 0.5) is 0 Å². The molecule has 1 fully saturated rings. The molecule has 1 unspecified atom stereocenters. The van der Waals surface area contributed by atoms with Crippen molar-refractivity contribution in [3.05, 3.63) is 18.2 Å². The lowest BCUT2D eigenvalue weighted by atomic mass is 9.89. The summed E-state index contributed by atoms with van der Waals surface area (Å²) in [5, 5.41) is 4.46. The number of hydrogen-bond donors (Lipinski definition) is 0. The van der Waals surface area contributed by atoms with Crippen molar-refractivity contribution in [2.24, 2.45) is 5.92 Å². The van der Waals surface area contributed by atoms with Crippen LogP contribution in [0, 0.1) is 5.92 Å². The first-order valence-electron chi connectivity index (χ1n) is 6.74. The smallest absolute Gasteiger partial charge is 0.133 e. The number of rotatable bonds is 3. The van der Waals surface area contributed by atoms with Gasteiger partial charge in [-0.2, -0.15) is 5.10 Å². The fraction of sp³-hybridized carbons (Fsp3) is 0.615. The minimum Gasteiger partial charge on any atom is -0.270 e. The number of aromatic nitrogens is 4. The van der Waals surface area contributed by atoms with Crippen LogP contribution in [0.3, 0.4) is 0 Å². The van der Waals surface area contributed by atoms with E-state index < -0.39 is 0 Å². The number of imidazole rings is 1. The van der Waals surface area contributed by atoms with Crippen molar-refractivity contribution in [1.82, 2.24) is 19.7 Å². The Morgan fingerprint density at radius 1 is 1.17 bits per heavy atom. The first-order chi connectivity index (χ1) is 8.85. The second-order valence-corrected chi connectivity index (χ2v) is 5.52. The third-order valence-electron chi connectivity index (χ3n) is 3.71.